The highest BCUT2D eigenvalue weighted by atomic mass is 35.5. The standard InChI is InChI=1S/C11H8ClNO4/c1-17-7-3-2-6(12)9-5(11(15)16)4-8(14)13-10(7)9/h2-4H,1H3,(H,13,14)(H,15,16). The Morgan fingerprint density at radius 2 is 2.18 bits per heavy atom. The quantitative estimate of drug-likeness (QED) is 0.857. The Bertz CT molecular complexity index is 662. The van der Waals surface area contributed by atoms with Crippen molar-refractivity contribution in [2.24, 2.45) is 0 Å². The van der Waals surface area contributed by atoms with Crippen LogP contribution in [0.1, 0.15) is 10.4 Å². The van der Waals surface area contributed by atoms with Crippen molar-refractivity contribution in [2.75, 3.05) is 7.11 Å². The van der Waals surface area contributed by atoms with Crippen LogP contribution in [0.3, 0.4) is 0 Å². The first-order chi connectivity index (χ1) is 8.04. The number of halogens is 1. The fourth-order valence-corrected chi connectivity index (χ4v) is 1.91. The van der Waals surface area contributed by atoms with Gasteiger partial charge >= 0.3 is 5.97 Å². The first kappa shape index (κ1) is 11.5. The van der Waals surface area contributed by atoms with Crippen LogP contribution in [0.25, 0.3) is 10.9 Å². The first-order valence-corrected chi connectivity index (χ1v) is 5.05. The first-order valence-electron chi connectivity index (χ1n) is 4.67. The van der Waals surface area contributed by atoms with Crippen molar-refractivity contribution in [3.63, 3.8) is 0 Å². The van der Waals surface area contributed by atoms with Crippen LogP contribution in [-0.2, 0) is 0 Å². The Balaban J connectivity index is 3.02. The zero-order chi connectivity index (χ0) is 12.6. The number of hydrogen-bond acceptors (Lipinski definition) is 3. The number of pyridine rings is 1. The maximum Gasteiger partial charge on any atom is 0.336 e. The zero-order valence-corrected chi connectivity index (χ0v) is 9.54. The lowest BCUT2D eigenvalue weighted by Gasteiger charge is -2.08. The van der Waals surface area contributed by atoms with Crippen molar-refractivity contribution in [3.05, 3.63) is 39.1 Å². The van der Waals surface area contributed by atoms with E-state index in [1.165, 1.54) is 13.2 Å². The predicted molar refractivity (Wildman–Crippen MR) is 63.1 cm³/mol. The molecule has 0 saturated heterocycles. The van der Waals surface area contributed by atoms with E-state index in [9.17, 15) is 9.59 Å². The maximum atomic E-state index is 11.4. The molecule has 5 nitrogen and oxygen atoms in total. The lowest BCUT2D eigenvalue weighted by molar-refractivity contribution is 0.0699. The Hall–Kier alpha value is -2.01. The van der Waals surface area contributed by atoms with Crippen LogP contribution in [0.15, 0.2) is 23.0 Å². The van der Waals surface area contributed by atoms with Crippen molar-refractivity contribution >= 4 is 28.5 Å². The SMILES string of the molecule is COc1ccc(Cl)c2c(C(=O)O)cc(=O)[nH]c12. The molecule has 17 heavy (non-hydrogen) atoms. The van der Waals surface area contributed by atoms with Crippen LogP contribution >= 0.6 is 11.6 Å². The van der Waals surface area contributed by atoms with Crippen LogP contribution in [0.4, 0.5) is 0 Å². The number of carbonyl (C=O) groups is 1. The van der Waals surface area contributed by atoms with Crippen molar-refractivity contribution in [1.82, 2.24) is 4.98 Å². The van der Waals surface area contributed by atoms with Crippen molar-refractivity contribution < 1.29 is 14.6 Å². The molecule has 0 aliphatic carbocycles. The van der Waals surface area contributed by atoms with Crippen molar-refractivity contribution in [1.29, 1.82) is 0 Å². The van der Waals surface area contributed by atoms with E-state index >= 15 is 0 Å². The molecule has 0 amide bonds. The molecule has 0 aliphatic rings. The topological polar surface area (TPSA) is 79.4 Å². The summed E-state index contributed by atoms with van der Waals surface area (Å²) in [5.41, 5.74) is -0.381. The number of methoxy groups -OCH3 is 1. The van der Waals surface area contributed by atoms with Crippen LogP contribution in [-0.4, -0.2) is 23.2 Å². The predicted octanol–water partition coefficient (Wildman–Crippen LogP) is 1.89. The summed E-state index contributed by atoms with van der Waals surface area (Å²) in [6.07, 6.45) is 0. The van der Waals surface area contributed by atoms with E-state index in [1.807, 2.05) is 0 Å². The van der Waals surface area contributed by atoms with Gasteiger partial charge in [0, 0.05) is 11.5 Å². The maximum absolute atomic E-state index is 11.4. The van der Waals surface area contributed by atoms with Gasteiger partial charge in [-0.15, -0.1) is 0 Å². The minimum Gasteiger partial charge on any atom is -0.495 e. The minimum absolute atomic E-state index is 0.146. The second-order valence-electron chi connectivity index (χ2n) is 3.35. The summed E-state index contributed by atoms with van der Waals surface area (Å²) in [5.74, 6) is -0.846. The molecule has 0 atom stereocenters. The van der Waals surface area contributed by atoms with E-state index in [1.54, 1.807) is 6.07 Å². The summed E-state index contributed by atoms with van der Waals surface area (Å²) in [6, 6.07) is 4.08. The lowest BCUT2D eigenvalue weighted by atomic mass is 10.1. The van der Waals surface area contributed by atoms with E-state index in [0.29, 0.717) is 5.75 Å². The number of rotatable bonds is 2. The zero-order valence-electron chi connectivity index (χ0n) is 8.78. The third kappa shape index (κ3) is 1.85. The Morgan fingerprint density at radius 3 is 2.76 bits per heavy atom. The summed E-state index contributed by atoms with van der Waals surface area (Å²) < 4.78 is 5.05. The highest BCUT2D eigenvalue weighted by molar-refractivity contribution is 6.36. The molecule has 0 fully saturated rings. The number of aromatic amines is 1. The van der Waals surface area contributed by atoms with Crippen LogP contribution < -0.4 is 10.3 Å². The van der Waals surface area contributed by atoms with E-state index < -0.39 is 11.5 Å². The number of H-pyrrole nitrogens is 1. The minimum atomic E-state index is -1.21. The van der Waals surface area contributed by atoms with Gasteiger partial charge in [0.1, 0.15) is 5.75 Å². The normalized spacial score (nSPS) is 10.5. The summed E-state index contributed by atoms with van der Waals surface area (Å²) in [7, 11) is 1.43. The van der Waals surface area contributed by atoms with Gasteiger partial charge in [0.15, 0.2) is 0 Å². The van der Waals surface area contributed by atoms with Gasteiger partial charge in [0.2, 0.25) is 5.56 Å². The molecule has 1 heterocycles. The number of aromatic nitrogens is 1. The molecular formula is C11H8ClNO4. The Kier molecular flexibility index (Phi) is 2.77. The van der Waals surface area contributed by atoms with Gasteiger partial charge in [-0.25, -0.2) is 4.79 Å². The molecular weight excluding hydrogens is 246 g/mol. The number of nitrogens with one attached hydrogen (secondary N) is 1. The van der Waals surface area contributed by atoms with Gasteiger partial charge in [0.25, 0.3) is 0 Å². The van der Waals surface area contributed by atoms with Crippen molar-refractivity contribution in [2.45, 2.75) is 0 Å². The molecule has 0 radical (unpaired) electrons. The van der Waals surface area contributed by atoms with E-state index in [2.05, 4.69) is 4.98 Å². The largest absolute Gasteiger partial charge is 0.495 e. The number of aromatic carboxylic acids is 1. The van der Waals surface area contributed by atoms with E-state index in [4.69, 9.17) is 21.4 Å². The Morgan fingerprint density at radius 1 is 1.47 bits per heavy atom. The third-order valence-corrected chi connectivity index (χ3v) is 2.67. The number of carboxylic acids is 1. The smallest absolute Gasteiger partial charge is 0.336 e. The molecule has 6 heteroatoms. The number of ether oxygens (including phenoxy) is 1. The molecule has 0 spiro atoms. The molecule has 88 valence electrons. The average molecular weight is 254 g/mol. The number of benzene rings is 1. The lowest BCUT2D eigenvalue weighted by Crippen LogP contribution is -2.11. The Labute approximate surface area is 101 Å². The second kappa shape index (κ2) is 4.10. The number of hydrogen-bond donors (Lipinski definition) is 2. The molecule has 2 N–H and O–H groups in total. The molecule has 0 saturated carbocycles. The molecule has 0 bridgehead atoms. The summed E-state index contributed by atoms with van der Waals surface area (Å²) in [4.78, 5) is 25.0. The van der Waals surface area contributed by atoms with Gasteiger partial charge in [0.05, 0.1) is 23.2 Å². The molecule has 1 aromatic heterocycles. The van der Waals surface area contributed by atoms with Crippen LogP contribution in [0.5, 0.6) is 5.75 Å². The fraction of sp³-hybridized carbons (Fsp3) is 0.0909. The molecule has 1 aromatic carbocycles. The van der Waals surface area contributed by atoms with Gasteiger partial charge in [-0.2, -0.15) is 0 Å². The average Bonchev–Trinajstić information content (AvgIpc) is 2.28. The molecule has 2 rings (SSSR count). The third-order valence-electron chi connectivity index (χ3n) is 2.36. The highest BCUT2D eigenvalue weighted by Crippen LogP contribution is 2.31. The molecule has 0 unspecified atom stereocenters. The summed E-state index contributed by atoms with van der Waals surface area (Å²) >= 11 is 5.95. The van der Waals surface area contributed by atoms with Crippen LogP contribution in [0, 0.1) is 0 Å². The summed E-state index contributed by atoms with van der Waals surface area (Å²) in [6.45, 7) is 0. The number of carboxylic acid groups (broad SMARTS) is 1. The van der Waals surface area contributed by atoms with Gasteiger partial charge in [-0.3, -0.25) is 4.79 Å². The van der Waals surface area contributed by atoms with Gasteiger partial charge < -0.3 is 14.8 Å². The molecule has 0 aliphatic heterocycles. The van der Waals surface area contributed by atoms with Gasteiger partial charge in [-0.05, 0) is 12.1 Å². The number of fused-ring (bicyclic) bond motifs is 1. The van der Waals surface area contributed by atoms with E-state index in [-0.39, 0.29) is 21.5 Å². The van der Waals surface area contributed by atoms with E-state index in [0.717, 1.165) is 6.07 Å². The monoisotopic (exact) mass is 253 g/mol. The van der Waals surface area contributed by atoms with Crippen LogP contribution in [0.2, 0.25) is 5.02 Å². The fourth-order valence-electron chi connectivity index (χ4n) is 1.65. The van der Waals surface area contributed by atoms with Crippen molar-refractivity contribution in [3.8, 4) is 5.75 Å². The highest BCUT2D eigenvalue weighted by Gasteiger charge is 2.15. The molecule has 2 aromatic rings. The van der Waals surface area contributed by atoms with Gasteiger partial charge in [-0.1, -0.05) is 11.6 Å². The second-order valence-corrected chi connectivity index (χ2v) is 3.76. The summed E-state index contributed by atoms with van der Waals surface area (Å²) in [5, 5.41) is 9.55.